The summed E-state index contributed by atoms with van der Waals surface area (Å²) in [6.07, 6.45) is 10.4. The van der Waals surface area contributed by atoms with Crippen LogP contribution in [0.2, 0.25) is 0 Å². The Bertz CT molecular complexity index is 382. The van der Waals surface area contributed by atoms with E-state index >= 15 is 0 Å². The molecule has 1 aliphatic rings. The average Bonchev–Trinajstić information content (AvgIpc) is 2.79. The first-order valence-electron chi connectivity index (χ1n) is 7.62. The summed E-state index contributed by atoms with van der Waals surface area (Å²) in [4.78, 5) is 11.0. The van der Waals surface area contributed by atoms with Crippen molar-refractivity contribution in [3.05, 3.63) is 23.2 Å². The summed E-state index contributed by atoms with van der Waals surface area (Å²) in [5.74, 6) is -1.67. The van der Waals surface area contributed by atoms with E-state index in [4.69, 9.17) is 5.11 Å². The van der Waals surface area contributed by atoms with E-state index in [1.807, 2.05) is 0 Å². The molecular formula is C16H26O4. The van der Waals surface area contributed by atoms with Crippen molar-refractivity contribution < 1.29 is 20.1 Å². The lowest BCUT2D eigenvalue weighted by Crippen LogP contribution is -2.12. The molecule has 3 N–H and O–H groups in total. The van der Waals surface area contributed by atoms with Crippen LogP contribution in [0, 0.1) is 5.92 Å². The monoisotopic (exact) mass is 282 g/mol. The first kappa shape index (κ1) is 16.6. The lowest BCUT2D eigenvalue weighted by molar-refractivity contribution is -0.133. The Morgan fingerprint density at radius 2 is 1.85 bits per heavy atom. The molecular weight excluding hydrogens is 256 g/mol. The molecule has 0 heterocycles. The van der Waals surface area contributed by atoms with Crippen LogP contribution in [0.4, 0.5) is 0 Å². The summed E-state index contributed by atoms with van der Waals surface area (Å²) in [6, 6.07) is 0. The fourth-order valence-electron chi connectivity index (χ4n) is 2.65. The van der Waals surface area contributed by atoms with Gasteiger partial charge in [-0.2, -0.15) is 0 Å². The highest BCUT2D eigenvalue weighted by atomic mass is 16.4. The van der Waals surface area contributed by atoms with Crippen molar-refractivity contribution >= 4 is 5.97 Å². The van der Waals surface area contributed by atoms with E-state index in [9.17, 15) is 15.0 Å². The Morgan fingerprint density at radius 1 is 1.20 bits per heavy atom. The molecule has 0 saturated heterocycles. The van der Waals surface area contributed by atoms with Gasteiger partial charge in [0.25, 0.3) is 0 Å². The third-order valence-corrected chi connectivity index (χ3v) is 3.83. The number of carboxylic acid groups (broad SMARTS) is 1. The highest BCUT2D eigenvalue weighted by molar-refractivity contribution is 5.89. The van der Waals surface area contributed by atoms with Gasteiger partial charge in [-0.1, -0.05) is 39.0 Å². The third-order valence-electron chi connectivity index (χ3n) is 3.83. The van der Waals surface area contributed by atoms with Crippen LogP contribution in [0.5, 0.6) is 0 Å². The number of rotatable bonds is 9. The zero-order valence-corrected chi connectivity index (χ0v) is 12.3. The number of hydrogen-bond donors (Lipinski definition) is 3. The van der Waals surface area contributed by atoms with Crippen LogP contribution in [-0.4, -0.2) is 21.3 Å². The summed E-state index contributed by atoms with van der Waals surface area (Å²) in [5.41, 5.74) is -0.0401. The number of unbranched alkanes of at least 4 members (excludes halogenated alkanes) is 6. The maximum atomic E-state index is 11.0. The Hall–Kier alpha value is -1.45. The van der Waals surface area contributed by atoms with Gasteiger partial charge in [0, 0.05) is 6.42 Å². The summed E-state index contributed by atoms with van der Waals surface area (Å²) in [6.45, 7) is 2.19. The van der Waals surface area contributed by atoms with Crippen molar-refractivity contribution in [2.45, 2.75) is 64.7 Å². The average molecular weight is 282 g/mol. The van der Waals surface area contributed by atoms with Crippen molar-refractivity contribution in [1.29, 1.82) is 0 Å². The molecule has 0 spiro atoms. The van der Waals surface area contributed by atoms with Crippen LogP contribution in [0.25, 0.3) is 0 Å². The molecule has 1 rings (SSSR count). The predicted octanol–water partition coefficient (Wildman–Crippen LogP) is 4.49. The van der Waals surface area contributed by atoms with Crippen LogP contribution in [-0.2, 0) is 4.79 Å². The van der Waals surface area contributed by atoms with Gasteiger partial charge in [-0.15, -0.1) is 0 Å². The molecule has 0 aliphatic heterocycles. The van der Waals surface area contributed by atoms with E-state index in [-0.39, 0.29) is 17.1 Å². The number of aliphatic carboxylic acids is 1. The molecule has 0 aromatic heterocycles. The topological polar surface area (TPSA) is 77.8 Å². The Balaban J connectivity index is 2.36. The van der Waals surface area contributed by atoms with Crippen molar-refractivity contribution in [1.82, 2.24) is 0 Å². The molecule has 0 bridgehead atoms. The maximum Gasteiger partial charge on any atom is 0.335 e. The van der Waals surface area contributed by atoms with Crippen LogP contribution in [0.3, 0.4) is 0 Å². The SMILES string of the molecule is CCCCCCCC/C=C(\O)C1CCC(O)=C1C(=O)O. The normalized spacial score (nSPS) is 19.6. The van der Waals surface area contributed by atoms with E-state index in [0.717, 1.165) is 19.3 Å². The van der Waals surface area contributed by atoms with Gasteiger partial charge in [0.05, 0.1) is 17.3 Å². The first-order valence-corrected chi connectivity index (χ1v) is 7.62. The zero-order chi connectivity index (χ0) is 15.0. The van der Waals surface area contributed by atoms with Crippen molar-refractivity contribution in [3.8, 4) is 0 Å². The lowest BCUT2D eigenvalue weighted by atomic mass is 9.98. The van der Waals surface area contributed by atoms with Crippen LogP contribution in [0.1, 0.15) is 64.7 Å². The molecule has 0 radical (unpaired) electrons. The molecule has 1 atom stereocenters. The van der Waals surface area contributed by atoms with Gasteiger partial charge >= 0.3 is 5.97 Å². The Labute approximate surface area is 120 Å². The summed E-state index contributed by atoms with van der Waals surface area (Å²) < 4.78 is 0. The second-order valence-electron chi connectivity index (χ2n) is 5.44. The van der Waals surface area contributed by atoms with E-state index in [2.05, 4.69) is 6.92 Å². The summed E-state index contributed by atoms with van der Waals surface area (Å²) >= 11 is 0. The van der Waals surface area contributed by atoms with Crippen LogP contribution in [0.15, 0.2) is 23.2 Å². The molecule has 4 nitrogen and oxygen atoms in total. The molecule has 20 heavy (non-hydrogen) atoms. The van der Waals surface area contributed by atoms with E-state index < -0.39 is 11.9 Å². The number of carbonyl (C=O) groups is 1. The number of aliphatic hydroxyl groups excluding tert-OH is 2. The van der Waals surface area contributed by atoms with Crippen LogP contribution >= 0.6 is 0 Å². The molecule has 1 unspecified atom stereocenters. The molecule has 4 heteroatoms. The number of carboxylic acids is 1. The summed E-state index contributed by atoms with van der Waals surface area (Å²) in [5, 5.41) is 28.5. The molecule has 0 aromatic rings. The van der Waals surface area contributed by atoms with E-state index in [0.29, 0.717) is 12.8 Å². The largest absolute Gasteiger partial charge is 0.512 e. The van der Waals surface area contributed by atoms with Gasteiger partial charge in [-0.25, -0.2) is 4.79 Å². The van der Waals surface area contributed by atoms with Crippen molar-refractivity contribution in [2.24, 2.45) is 5.92 Å². The molecule has 1 aliphatic carbocycles. The fourth-order valence-corrected chi connectivity index (χ4v) is 2.65. The third kappa shape index (κ3) is 4.91. The van der Waals surface area contributed by atoms with E-state index in [1.54, 1.807) is 6.08 Å². The smallest absolute Gasteiger partial charge is 0.335 e. The highest BCUT2D eigenvalue weighted by Crippen LogP contribution is 2.35. The molecule has 0 aromatic carbocycles. The highest BCUT2D eigenvalue weighted by Gasteiger charge is 2.33. The van der Waals surface area contributed by atoms with Gasteiger partial charge < -0.3 is 15.3 Å². The van der Waals surface area contributed by atoms with Crippen molar-refractivity contribution in [3.63, 3.8) is 0 Å². The molecule has 0 amide bonds. The lowest BCUT2D eigenvalue weighted by Gasteiger charge is -2.10. The summed E-state index contributed by atoms with van der Waals surface area (Å²) in [7, 11) is 0. The molecule has 0 fully saturated rings. The second kappa shape index (κ2) is 8.67. The van der Waals surface area contributed by atoms with Crippen molar-refractivity contribution in [2.75, 3.05) is 0 Å². The Morgan fingerprint density at radius 3 is 2.50 bits per heavy atom. The number of aliphatic hydroxyl groups is 2. The minimum Gasteiger partial charge on any atom is -0.512 e. The maximum absolute atomic E-state index is 11.0. The minimum atomic E-state index is -1.13. The van der Waals surface area contributed by atoms with Gasteiger partial charge in [0.15, 0.2) is 0 Å². The standard InChI is InChI=1S/C16H26O4/c1-2-3-4-5-6-7-8-9-13(17)12-10-11-14(18)15(12)16(19)20/h9,12,17-18H,2-8,10-11H2,1H3,(H,19,20)/b13-9-. The van der Waals surface area contributed by atoms with Gasteiger partial charge in [-0.05, 0) is 25.3 Å². The second-order valence-corrected chi connectivity index (χ2v) is 5.44. The Kier molecular flexibility index (Phi) is 7.20. The van der Waals surface area contributed by atoms with Gasteiger partial charge in [0.1, 0.15) is 5.76 Å². The number of hydrogen-bond acceptors (Lipinski definition) is 3. The predicted molar refractivity (Wildman–Crippen MR) is 78.7 cm³/mol. The quantitative estimate of drug-likeness (QED) is 0.430. The van der Waals surface area contributed by atoms with Gasteiger partial charge in [-0.3, -0.25) is 0 Å². The molecule has 114 valence electrons. The minimum absolute atomic E-state index is 0.0401. The first-order chi connectivity index (χ1) is 9.57. The fraction of sp³-hybridized carbons (Fsp3) is 0.688. The van der Waals surface area contributed by atoms with Gasteiger partial charge in [0.2, 0.25) is 0 Å². The zero-order valence-electron chi connectivity index (χ0n) is 12.3. The number of allylic oxidation sites excluding steroid dienone is 3. The van der Waals surface area contributed by atoms with E-state index in [1.165, 1.54) is 25.7 Å². The van der Waals surface area contributed by atoms with Crippen LogP contribution < -0.4 is 0 Å². The molecule has 0 saturated carbocycles.